The van der Waals surface area contributed by atoms with E-state index in [1.807, 2.05) is 6.20 Å². The van der Waals surface area contributed by atoms with E-state index in [-0.39, 0.29) is 5.41 Å². The molecule has 2 aromatic heterocycles. The van der Waals surface area contributed by atoms with Crippen LogP contribution in [0.5, 0.6) is 0 Å². The Hall–Kier alpha value is -3.38. The van der Waals surface area contributed by atoms with Crippen LogP contribution in [0.3, 0.4) is 0 Å². The second-order valence-electron chi connectivity index (χ2n) is 9.13. The maximum absolute atomic E-state index is 4.71. The Morgan fingerprint density at radius 2 is 1.97 bits per heavy atom. The maximum atomic E-state index is 4.71. The summed E-state index contributed by atoms with van der Waals surface area (Å²) in [4.78, 5) is 14.7. The molecule has 0 saturated carbocycles. The lowest BCUT2D eigenvalue weighted by molar-refractivity contribution is 0.329. The van der Waals surface area contributed by atoms with E-state index >= 15 is 0 Å². The molecule has 4 heterocycles. The van der Waals surface area contributed by atoms with Gasteiger partial charge in [0, 0.05) is 36.1 Å². The quantitative estimate of drug-likeness (QED) is 0.445. The average molecular weight is 425 g/mol. The number of aromatic nitrogens is 3. The molecule has 1 fully saturated rings. The first-order chi connectivity index (χ1) is 15.7. The fourth-order valence-corrected chi connectivity index (χ4v) is 5.40. The molecule has 6 nitrogen and oxygen atoms in total. The number of hydrogen-bond donors (Lipinski definition) is 3. The molecule has 0 radical (unpaired) electrons. The van der Waals surface area contributed by atoms with Crippen molar-refractivity contribution in [3.8, 4) is 0 Å². The average Bonchev–Trinajstić information content (AvgIpc) is 3.42. The summed E-state index contributed by atoms with van der Waals surface area (Å²) in [6, 6.07) is 17.6. The molecule has 0 bridgehead atoms. The van der Waals surface area contributed by atoms with Crippen LogP contribution in [0, 0.1) is 6.92 Å². The van der Waals surface area contributed by atoms with Crippen LogP contribution in [-0.4, -0.2) is 34.6 Å². The van der Waals surface area contributed by atoms with Gasteiger partial charge < -0.3 is 20.5 Å². The van der Waals surface area contributed by atoms with Crippen LogP contribution >= 0.6 is 0 Å². The highest BCUT2D eigenvalue weighted by molar-refractivity contribution is 5.91. The number of nitrogens with one attached hydrogen (secondary N) is 3. The molecule has 3 N–H and O–H groups in total. The monoisotopic (exact) mass is 424 g/mol. The van der Waals surface area contributed by atoms with Crippen LogP contribution in [0.4, 0.5) is 17.2 Å². The van der Waals surface area contributed by atoms with E-state index in [9.17, 15) is 0 Å². The third-order valence-electron chi connectivity index (χ3n) is 7.05. The standard InChI is InChI=1S/C26H28N6/c1-18-3-2-4-19(13-18)15-29-20-5-6-23-22(14-20)26(8-11-27-12-9-26)16-32(23)25-21-7-10-28-24(21)30-17-31-25/h2-7,10,13-14,17,27,29H,8-9,11-12,15-16H2,1H3,(H,28,30,31). The Balaban J connectivity index is 1.38. The van der Waals surface area contributed by atoms with E-state index in [2.05, 4.69) is 81.0 Å². The second-order valence-corrected chi connectivity index (χ2v) is 9.13. The first-order valence-electron chi connectivity index (χ1n) is 11.4. The number of fused-ring (bicyclic) bond motifs is 3. The molecular formula is C26H28N6. The number of anilines is 3. The summed E-state index contributed by atoms with van der Waals surface area (Å²) in [5.41, 5.74) is 7.53. The first-order valence-corrected chi connectivity index (χ1v) is 11.4. The van der Waals surface area contributed by atoms with Gasteiger partial charge in [-0.15, -0.1) is 0 Å². The fraction of sp³-hybridized carbons (Fsp3) is 0.308. The van der Waals surface area contributed by atoms with E-state index < -0.39 is 0 Å². The van der Waals surface area contributed by atoms with Gasteiger partial charge >= 0.3 is 0 Å². The number of nitrogens with zero attached hydrogens (tertiary/aromatic N) is 3. The minimum absolute atomic E-state index is 0.148. The number of piperidine rings is 1. The number of benzene rings is 2. The molecule has 4 aromatic rings. The summed E-state index contributed by atoms with van der Waals surface area (Å²) in [6.07, 6.45) is 5.88. The van der Waals surface area contributed by atoms with E-state index in [0.29, 0.717) is 0 Å². The molecule has 6 rings (SSSR count). The van der Waals surface area contributed by atoms with E-state index in [1.165, 1.54) is 28.1 Å². The summed E-state index contributed by atoms with van der Waals surface area (Å²) in [5, 5.41) is 8.28. The molecule has 2 aromatic carbocycles. The maximum Gasteiger partial charge on any atom is 0.145 e. The summed E-state index contributed by atoms with van der Waals surface area (Å²) >= 11 is 0. The third-order valence-corrected chi connectivity index (χ3v) is 7.05. The molecule has 2 aliphatic rings. The Kier molecular flexibility index (Phi) is 4.61. The van der Waals surface area contributed by atoms with Gasteiger partial charge in [-0.05, 0) is 68.2 Å². The molecule has 0 aliphatic carbocycles. The predicted molar refractivity (Wildman–Crippen MR) is 130 cm³/mol. The topological polar surface area (TPSA) is 68.9 Å². The highest BCUT2D eigenvalue weighted by Gasteiger charge is 2.44. The van der Waals surface area contributed by atoms with Crippen molar-refractivity contribution in [3.63, 3.8) is 0 Å². The molecule has 0 atom stereocenters. The van der Waals surface area contributed by atoms with Crippen molar-refractivity contribution in [2.24, 2.45) is 0 Å². The predicted octanol–water partition coefficient (Wildman–Crippen LogP) is 4.65. The van der Waals surface area contributed by atoms with Crippen molar-refractivity contribution < 1.29 is 0 Å². The number of aromatic amines is 1. The van der Waals surface area contributed by atoms with Gasteiger partial charge in [-0.25, -0.2) is 9.97 Å². The molecular weight excluding hydrogens is 396 g/mol. The van der Waals surface area contributed by atoms with Crippen molar-refractivity contribution >= 4 is 28.2 Å². The fourth-order valence-electron chi connectivity index (χ4n) is 5.40. The lowest BCUT2D eigenvalue weighted by Gasteiger charge is -2.35. The Morgan fingerprint density at radius 1 is 1.06 bits per heavy atom. The zero-order valence-corrected chi connectivity index (χ0v) is 18.4. The second kappa shape index (κ2) is 7.64. The van der Waals surface area contributed by atoms with Crippen molar-refractivity contribution in [1.29, 1.82) is 0 Å². The van der Waals surface area contributed by atoms with Gasteiger partial charge in [0.25, 0.3) is 0 Å². The van der Waals surface area contributed by atoms with Crippen LogP contribution in [0.25, 0.3) is 11.0 Å². The van der Waals surface area contributed by atoms with Gasteiger partial charge in [0.05, 0.1) is 5.39 Å². The SMILES string of the molecule is Cc1cccc(CNc2ccc3c(c2)C2(CCNCC2)CN3c2ncnc3[nH]ccc23)c1. The van der Waals surface area contributed by atoms with E-state index in [1.54, 1.807) is 6.33 Å². The number of H-pyrrole nitrogens is 1. The third kappa shape index (κ3) is 3.22. The molecule has 0 amide bonds. The van der Waals surface area contributed by atoms with Gasteiger partial charge in [0.2, 0.25) is 0 Å². The molecule has 1 spiro atoms. The van der Waals surface area contributed by atoms with Gasteiger partial charge in [-0.3, -0.25) is 0 Å². The van der Waals surface area contributed by atoms with E-state index in [4.69, 9.17) is 4.98 Å². The van der Waals surface area contributed by atoms with Crippen LogP contribution < -0.4 is 15.5 Å². The minimum atomic E-state index is 0.148. The van der Waals surface area contributed by atoms with Crippen LogP contribution in [0.2, 0.25) is 0 Å². The summed E-state index contributed by atoms with van der Waals surface area (Å²) in [6.45, 7) is 6.04. The summed E-state index contributed by atoms with van der Waals surface area (Å²) < 4.78 is 0. The van der Waals surface area contributed by atoms with Crippen molar-refractivity contribution in [1.82, 2.24) is 20.3 Å². The zero-order valence-electron chi connectivity index (χ0n) is 18.4. The molecule has 32 heavy (non-hydrogen) atoms. The first kappa shape index (κ1) is 19.3. The number of rotatable bonds is 4. The Morgan fingerprint density at radius 3 is 2.84 bits per heavy atom. The number of hydrogen-bond acceptors (Lipinski definition) is 5. The lowest BCUT2D eigenvalue weighted by atomic mass is 9.74. The van der Waals surface area contributed by atoms with Crippen molar-refractivity contribution in [2.75, 3.05) is 29.9 Å². The Labute approximate surface area is 188 Å². The molecule has 2 aliphatic heterocycles. The van der Waals surface area contributed by atoms with Gasteiger partial charge in [-0.2, -0.15) is 0 Å². The smallest absolute Gasteiger partial charge is 0.145 e. The summed E-state index contributed by atoms with van der Waals surface area (Å²) in [5.74, 6) is 0.994. The summed E-state index contributed by atoms with van der Waals surface area (Å²) in [7, 11) is 0. The lowest BCUT2D eigenvalue weighted by Crippen LogP contribution is -2.42. The van der Waals surface area contributed by atoms with E-state index in [0.717, 1.165) is 55.9 Å². The Bertz CT molecular complexity index is 1270. The number of aryl methyl sites for hydroxylation is 1. The van der Waals surface area contributed by atoms with Crippen LogP contribution in [-0.2, 0) is 12.0 Å². The molecule has 0 unspecified atom stereocenters. The zero-order chi connectivity index (χ0) is 21.5. The highest BCUT2D eigenvalue weighted by Crippen LogP contribution is 2.50. The highest BCUT2D eigenvalue weighted by atomic mass is 15.2. The van der Waals surface area contributed by atoms with Gasteiger partial charge in [0.1, 0.15) is 17.8 Å². The van der Waals surface area contributed by atoms with Crippen LogP contribution in [0.15, 0.2) is 61.1 Å². The normalized spacial score (nSPS) is 17.1. The largest absolute Gasteiger partial charge is 0.381 e. The van der Waals surface area contributed by atoms with Gasteiger partial charge in [0.15, 0.2) is 0 Å². The molecule has 162 valence electrons. The molecule has 1 saturated heterocycles. The van der Waals surface area contributed by atoms with Crippen molar-refractivity contribution in [3.05, 3.63) is 77.7 Å². The minimum Gasteiger partial charge on any atom is -0.381 e. The van der Waals surface area contributed by atoms with Crippen LogP contribution in [0.1, 0.15) is 29.5 Å². The van der Waals surface area contributed by atoms with Crippen molar-refractivity contribution in [2.45, 2.75) is 31.7 Å². The van der Waals surface area contributed by atoms with Gasteiger partial charge in [-0.1, -0.05) is 29.8 Å². The molecule has 6 heteroatoms.